The van der Waals surface area contributed by atoms with Crippen molar-refractivity contribution in [1.29, 1.82) is 0 Å². The van der Waals surface area contributed by atoms with Crippen LogP contribution in [0.3, 0.4) is 0 Å². The second-order valence-electron chi connectivity index (χ2n) is 5.47. The van der Waals surface area contributed by atoms with Gasteiger partial charge in [-0.1, -0.05) is 11.4 Å². The van der Waals surface area contributed by atoms with Crippen molar-refractivity contribution in [2.75, 3.05) is 18.1 Å². The Hall–Kier alpha value is -0.170. The first-order chi connectivity index (χ1) is 9.24. The Bertz CT molecular complexity index is 432. The summed E-state index contributed by atoms with van der Waals surface area (Å²) in [5.41, 5.74) is 0.984. The van der Waals surface area contributed by atoms with E-state index in [1.165, 1.54) is 17.3 Å². The Labute approximate surface area is 122 Å². The molecule has 0 amide bonds. The molecule has 2 saturated heterocycles. The third-order valence-corrected chi connectivity index (χ3v) is 6.29. The van der Waals surface area contributed by atoms with Crippen LogP contribution < -0.4 is 0 Å². The molecule has 19 heavy (non-hydrogen) atoms. The Balaban J connectivity index is 1.74. The minimum Gasteiger partial charge on any atom is -0.387 e. The summed E-state index contributed by atoms with van der Waals surface area (Å²) in [6.45, 7) is 2.84. The molecular formula is C13H20N2O2S2. The van der Waals surface area contributed by atoms with E-state index in [2.05, 4.69) is 16.5 Å². The fourth-order valence-electron chi connectivity index (χ4n) is 3.10. The average molecular weight is 300 g/mol. The third-order valence-electron chi connectivity index (χ3n) is 4.23. The normalized spacial score (nSPS) is 32.8. The number of rotatable bonds is 3. The van der Waals surface area contributed by atoms with Gasteiger partial charge in [-0.3, -0.25) is 0 Å². The lowest BCUT2D eigenvalue weighted by Crippen LogP contribution is -2.41. The van der Waals surface area contributed by atoms with Crippen molar-refractivity contribution in [3.8, 4) is 0 Å². The SMILES string of the molecule is CCc1nnsc1C(O)C1CCOC2(CCSC2)C1. The monoisotopic (exact) mass is 300 g/mol. The van der Waals surface area contributed by atoms with Gasteiger partial charge in [0.15, 0.2) is 0 Å². The van der Waals surface area contributed by atoms with Crippen LogP contribution in [0.1, 0.15) is 42.9 Å². The van der Waals surface area contributed by atoms with Crippen LogP contribution in [-0.4, -0.2) is 38.4 Å². The molecule has 2 aliphatic heterocycles. The lowest BCUT2D eigenvalue weighted by Gasteiger charge is -2.39. The smallest absolute Gasteiger partial charge is 0.0947 e. The summed E-state index contributed by atoms with van der Waals surface area (Å²) in [6, 6.07) is 0. The average Bonchev–Trinajstić information content (AvgIpc) is 3.07. The molecule has 2 fully saturated rings. The van der Waals surface area contributed by atoms with Gasteiger partial charge in [-0.15, -0.1) is 5.10 Å². The van der Waals surface area contributed by atoms with Gasteiger partial charge in [-0.2, -0.15) is 11.8 Å². The van der Waals surface area contributed by atoms with Crippen LogP contribution in [0.2, 0.25) is 0 Å². The van der Waals surface area contributed by atoms with Crippen molar-refractivity contribution < 1.29 is 9.84 Å². The van der Waals surface area contributed by atoms with Crippen molar-refractivity contribution in [3.05, 3.63) is 10.6 Å². The fourth-order valence-corrected chi connectivity index (χ4v) is 5.29. The molecule has 0 aliphatic carbocycles. The number of thioether (sulfide) groups is 1. The maximum Gasteiger partial charge on any atom is 0.0947 e. The van der Waals surface area contributed by atoms with E-state index in [1.807, 2.05) is 11.8 Å². The number of aromatic nitrogens is 2. The van der Waals surface area contributed by atoms with Crippen LogP contribution in [0.15, 0.2) is 0 Å². The maximum atomic E-state index is 10.7. The highest BCUT2D eigenvalue weighted by atomic mass is 32.2. The van der Waals surface area contributed by atoms with Crippen molar-refractivity contribution in [3.63, 3.8) is 0 Å². The summed E-state index contributed by atoms with van der Waals surface area (Å²) in [5.74, 6) is 2.56. The van der Waals surface area contributed by atoms with Crippen molar-refractivity contribution >= 4 is 23.3 Å². The van der Waals surface area contributed by atoms with Gasteiger partial charge in [-0.25, -0.2) is 0 Å². The van der Waals surface area contributed by atoms with Gasteiger partial charge in [0.1, 0.15) is 0 Å². The molecule has 1 aromatic heterocycles. The van der Waals surface area contributed by atoms with Crippen LogP contribution in [0, 0.1) is 5.92 Å². The summed E-state index contributed by atoms with van der Waals surface area (Å²) < 4.78 is 10.0. The molecule has 3 atom stereocenters. The number of hydrogen-bond donors (Lipinski definition) is 1. The van der Waals surface area contributed by atoms with Gasteiger partial charge in [-0.05, 0) is 48.9 Å². The molecule has 0 bridgehead atoms. The summed E-state index contributed by atoms with van der Waals surface area (Å²) in [4.78, 5) is 0.968. The van der Waals surface area contributed by atoms with E-state index >= 15 is 0 Å². The fraction of sp³-hybridized carbons (Fsp3) is 0.846. The molecule has 3 heterocycles. The summed E-state index contributed by atoms with van der Waals surface area (Å²) >= 11 is 3.32. The van der Waals surface area contributed by atoms with Gasteiger partial charge in [0, 0.05) is 12.4 Å². The molecule has 106 valence electrons. The van der Waals surface area contributed by atoms with Crippen molar-refractivity contribution in [2.45, 2.75) is 44.3 Å². The van der Waals surface area contributed by atoms with Crippen molar-refractivity contribution in [2.24, 2.45) is 5.92 Å². The molecule has 0 saturated carbocycles. The molecule has 3 unspecified atom stereocenters. The third kappa shape index (κ3) is 2.68. The van der Waals surface area contributed by atoms with Gasteiger partial charge in [0.25, 0.3) is 0 Å². The number of aryl methyl sites for hydroxylation is 1. The van der Waals surface area contributed by atoms with Crippen LogP contribution in [0.5, 0.6) is 0 Å². The van der Waals surface area contributed by atoms with E-state index in [9.17, 15) is 5.11 Å². The first-order valence-electron chi connectivity index (χ1n) is 6.95. The zero-order chi connectivity index (χ0) is 13.3. The van der Waals surface area contributed by atoms with Gasteiger partial charge >= 0.3 is 0 Å². The maximum absolute atomic E-state index is 10.7. The molecule has 0 radical (unpaired) electrons. The predicted molar refractivity (Wildman–Crippen MR) is 77.6 cm³/mol. The molecular weight excluding hydrogens is 280 g/mol. The summed E-state index contributed by atoms with van der Waals surface area (Å²) in [5, 5.41) is 14.8. The topological polar surface area (TPSA) is 55.2 Å². The molecule has 1 aromatic rings. The standard InChI is InChI=1S/C13H20N2O2S2/c1-2-10-12(19-15-14-10)11(16)9-3-5-17-13(7-9)4-6-18-8-13/h9,11,16H,2-8H2,1H3. The van der Waals surface area contributed by atoms with E-state index in [0.29, 0.717) is 5.92 Å². The second kappa shape index (κ2) is 5.68. The van der Waals surface area contributed by atoms with Crippen LogP contribution in [0.4, 0.5) is 0 Å². The largest absolute Gasteiger partial charge is 0.387 e. The highest BCUT2D eigenvalue weighted by Gasteiger charge is 2.43. The van der Waals surface area contributed by atoms with Crippen LogP contribution >= 0.6 is 23.3 Å². The lowest BCUT2D eigenvalue weighted by atomic mass is 9.81. The molecule has 0 aromatic carbocycles. The number of aliphatic hydroxyl groups excluding tert-OH is 1. The summed E-state index contributed by atoms with van der Waals surface area (Å²) in [6.07, 6.45) is 3.47. The molecule has 2 aliphatic rings. The van der Waals surface area contributed by atoms with Gasteiger partial charge < -0.3 is 9.84 Å². The second-order valence-corrected chi connectivity index (χ2v) is 7.36. The quantitative estimate of drug-likeness (QED) is 0.929. The van der Waals surface area contributed by atoms with E-state index < -0.39 is 6.10 Å². The number of aliphatic hydroxyl groups is 1. The van der Waals surface area contributed by atoms with E-state index in [1.54, 1.807) is 0 Å². The Kier molecular flexibility index (Phi) is 4.12. The highest BCUT2D eigenvalue weighted by molar-refractivity contribution is 7.99. The molecule has 6 heteroatoms. The van der Waals surface area contributed by atoms with E-state index in [-0.39, 0.29) is 5.60 Å². The van der Waals surface area contributed by atoms with E-state index in [4.69, 9.17) is 4.74 Å². The van der Waals surface area contributed by atoms with Crippen LogP contribution in [0.25, 0.3) is 0 Å². The van der Waals surface area contributed by atoms with Crippen LogP contribution in [-0.2, 0) is 11.2 Å². The van der Waals surface area contributed by atoms with Gasteiger partial charge in [0.2, 0.25) is 0 Å². The molecule has 1 spiro atoms. The minimum absolute atomic E-state index is 0.0268. The highest BCUT2D eigenvalue weighted by Crippen LogP contribution is 2.44. The molecule has 3 rings (SSSR count). The summed E-state index contributed by atoms with van der Waals surface area (Å²) in [7, 11) is 0. The van der Waals surface area contributed by atoms with Gasteiger partial charge in [0.05, 0.1) is 22.3 Å². The number of nitrogens with zero attached hydrogens (tertiary/aromatic N) is 2. The zero-order valence-corrected chi connectivity index (χ0v) is 12.8. The minimum atomic E-state index is -0.415. The number of ether oxygens (including phenoxy) is 1. The van der Waals surface area contributed by atoms with Crippen molar-refractivity contribution in [1.82, 2.24) is 9.59 Å². The lowest BCUT2D eigenvalue weighted by molar-refractivity contribution is -0.101. The number of hydrogen-bond acceptors (Lipinski definition) is 6. The first kappa shape index (κ1) is 13.8. The predicted octanol–water partition coefficient (Wildman–Crippen LogP) is 2.44. The Morgan fingerprint density at radius 3 is 3.21 bits per heavy atom. The first-order valence-corrected chi connectivity index (χ1v) is 8.88. The zero-order valence-electron chi connectivity index (χ0n) is 11.2. The molecule has 4 nitrogen and oxygen atoms in total. The molecule has 1 N–H and O–H groups in total. The Morgan fingerprint density at radius 2 is 2.47 bits per heavy atom. The Morgan fingerprint density at radius 1 is 1.58 bits per heavy atom. The van der Waals surface area contributed by atoms with E-state index in [0.717, 1.165) is 48.6 Å².